The molecule has 21 heavy (non-hydrogen) atoms. The van der Waals surface area contributed by atoms with Gasteiger partial charge in [-0.05, 0) is 56.8 Å². The van der Waals surface area contributed by atoms with Crippen LogP contribution in [0.3, 0.4) is 0 Å². The Bertz CT molecular complexity index is 542. The molecule has 1 aromatic rings. The second-order valence-electron chi connectivity index (χ2n) is 5.05. The highest BCUT2D eigenvalue weighted by molar-refractivity contribution is 9.11. The van der Waals surface area contributed by atoms with E-state index in [0.29, 0.717) is 12.8 Å². The maximum absolute atomic E-state index is 12.8. The Kier molecular flexibility index (Phi) is 5.43. The highest BCUT2D eigenvalue weighted by Crippen LogP contribution is 2.37. The van der Waals surface area contributed by atoms with Crippen molar-refractivity contribution in [2.24, 2.45) is 0 Å². The molecular weight excluding hydrogens is 400 g/mol. The van der Waals surface area contributed by atoms with Crippen molar-refractivity contribution in [2.75, 3.05) is 4.90 Å². The van der Waals surface area contributed by atoms with E-state index < -0.39 is 12.1 Å². The second kappa shape index (κ2) is 6.92. The summed E-state index contributed by atoms with van der Waals surface area (Å²) in [7, 11) is 0. The quantitative estimate of drug-likeness (QED) is 0.813. The zero-order valence-electron chi connectivity index (χ0n) is 12.0. The summed E-state index contributed by atoms with van der Waals surface area (Å²) in [5, 5.41) is 2.85. The molecule has 0 aliphatic carbocycles. The molecule has 1 aromatic carbocycles. The van der Waals surface area contributed by atoms with Crippen LogP contribution in [-0.4, -0.2) is 23.9 Å². The summed E-state index contributed by atoms with van der Waals surface area (Å²) in [6, 6.07) is 4.73. The summed E-state index contributed by atoms with van der Waals surface area (Å²) >= 11 is 6.98. The first-order valence-electron chi connectivity index (χ1n) is 7.08. The van der Waals surface area contributed by atoms with Gasteiger partial charge in [0.15, 0.2) is 0 Å². The summed E-state index contributed by atoms with van der Waals surface area (Å²) < 4.78 is 1.60. The van der Waals surface area contributed by atoms with E-state index in [1.165, 1.54) is 0 Å². The molecule has 2 atom stereocenters. The van der Waals surface area contributed by atoms with Crippen molar-refractivity contribution in [3.8, 4) is 0 Å². The molecule has 0 saturated carbocycles. The standard InChI is InChI=1S/C15H18Br2N2O2/c1-3-6-11-15(21)19(12(4-2)14(20)18-11)13-9(16)7-5-8-10(13)17/h5,7-8,11-12H,3-4,6H2,1-2H3,(H,18,20). The van der Waals surface area contributed by atoms with Gasteiger partial charge in [-0.3, -0.25) is 14.5 Å². The maximum atomic E-state index is 12.8. The lowest BCUT2D eigenvalue weighted by atomic mass is 10.0. The first kappa shape index (κ1) is 16.5. The number of hydrogen-bond donors (Lipinski definition) is 1. The minimum absolute atomic E-state index is 0.0455. The number of piperazine rings is 1. The number of hydrogen-bond acceptors (Lipinski definition) is 2. The van der Waals surface area contributed by atoms with Gasteiger partial charge in [0.25, 0.3) is 0 Å². The molecular formula is C15H18Br2N2O2. The average Bonchev–Trinajstić information content (AvgIpc) is 2.44. The fourth-order valence-electron chi connectivity index (χ4n) is 2.61. The van der Waals surface area contributed by atoms with Gasteiger partial charge in [-0.25, -0.2) is 0 Å². The van der Waals surface area contributed by atoms with E-state index in [2.05, 4.69) is 37.2 Å². The van der Waals surface area contributed by atoms with Crippen LogP contribution in [0.2, 0.25) is 0 Å². The molecule has 1 saturated heterocycles. The number of nitrogens with one attached hydrogen (secondary N) is 1. The smallest absolute Gasteiger partial charge is 0.250 e. The fourth-order valence-corrected chi connectivity index (χ4v) is 3.99. The van der Waals surface area contributed by atoms with Gasteiger partial charge in [0.05, 0.1) is 5.69 Å². The first-order valence-corrected chi connectivity index (χ1v) is 8.67. The average molecular weight is 418 g/mol. The van der Waals surface area contributed by atoms with Crippen molar-refractivity contribution in [3.05, 3.63) is 27.1 Å². The first-order chi connectivity index (χ1) is 10.0. The van der Waals surface area contributed by atoms with Crippen molar-refractivity contribution in [3.63, 3.8) is 0 Å². The van der Waals surface area contributed by atoms with Gasteiger partial charge in [-0.1, -0.05) is 26.3 Å². The zero-order valence-corrected chi connectivity index (χ0v) is 15.2. The van der Waals surface area contributed by atoms with Gasteiger partial charge in [0, 0.05) is 8.95 Å². The molecule has 2 amide bonds. The van der Waals surface area contributed by atoms with Gasteiger partial charge < -0.3 is 5.32 Å². The van der Waals surface area contributed by atoms with Crippen molar-refractivity contribution >= 4 is 49.4 Å². The lowest BCUT2D eigenvalue weighted by Gasteiger charge is -2.39. The summed E-state index contributed by atoms with van der Waals surface area (Å²) in [4.78, 5) is 26.8. The normalized spacial score (nSPS) is 22.4. The van der Waals surface area contributed by atoms with E-state index in [0.717, 1.165) is 21.1 Å². The maximum Gasteiger partial charge on any atom is 0.250 e. The summed E-state index contributed by atoms with van der Waals surface area (Å²) in [5.74, 6) is -0.130. The summed E-state index contributed by atoms with van der Waals surface area (Å²) in [6.07, 6.45) is 2.07. The van der Waals surface area contributed by atoms with Crippen LogP contribution in [0.25, 0.3) is 0 Å². The highest BCUT2D eigenvalue weighted by Gasteiger charge is 2.41. The predicted molar refractivity (Wildman–Crippen MR) is 90.2 cm³/mol. The molecule has 0 spiro atoms. The number of benzene rings is 1. The third-order valence-corrected chi connectivity index (χ3v) is 4.89. The Morgan fingerprint density at radius 2 is 1.81 bits per heavy atom. The van der Waals surface area contributed by atoms with Gasteiger partial charge in [0.2, 0.25) is 11.8 Å². The van der Waals surface area contributed by atoms with E-state index in [-0.39, 0.29) is 11.8 Å². The van der Waals surface area contributed by atoms with Gasteiger partial charge in [0.1, 0.15) is 12.1 Å². The molecule has 1 N–H and O–H groups in total. The Morgan fingerprint density at radius 1 is 1.19 bits per heavy atom. The van der Waals surface area contributed by atoms with Crippen LogP contribution in [-0.2, 0) is 9.59 Å². The molecule has 1 heterocycles. The molecule has 0 aromatic heterocycles. The molecule has 1 aliphatic heterocycles. The minimum Gasteiger partial charge on any atom is -0.342 e. The SMILES string of the molecule is CCCC1NC(=O)C(CC)N(c2c(Br)cccc2Br)C1=O. The molecule has 2 rings (SSSR count). The molecule has 0 bridgehead atoms. The van der Waals surface area contributed by atoms with Crippen molar-refractivity contribution in [1.29, 1.82) is 0 Å². The Morgan fingerprint density at radius 3 is 2.33 bits per heavy atom. The third-order valence-electron chi connectivity index (χ3n) is 3.61. The largest absolute Gasteiger partial charge is 0.342 e. The van der Waals surface area contributed by atoms with E-state index in [4.69, 9.17) is 0 Å². The summed E-state index contributed by atoms with van der Waals surface area (Å²) in [6.45, 7) is 3.92. The Hall–Kier alpha value is -0.880. The Balaban J connectivity index is 2.49. The number of carbonyl (C=O) groups excluding carboxylic acids is 2. The van der Waals surface area contributed by atoms with Crippen molar-refractivity contribution in [1.82, 2.24) is 5.32 Å². The van der Waals surface area contributed by atoms with Crippen LogP contribution in [0.4, 0.5) is 5.69 Å². The number of anilines is 1. The highest BCUT2D eigenvalue weighted by atomic mass is 79.9. The van der Waals surface area contributed by atoms with E-state index in [1.54, 1.807) is 4.90 Å². The Labute approximate surface area is 141 Å². The van der Waals surface area contributed by atoms with Gasteiger partial charge in [-0.15, -0.1) is 0 Å². The molecule has 6 heteroatoms. The number of carbonyl (C=O) groups is 2. The number of para-hydroxylation sites is 1. The molecule has 1 fully saturated rings. The lowest BCUT2D eigenvalue weighted by molar-refractivity contribution is -0.134. The molecule has 1 aliphatic rings. The number of rotatable bonds is 4. The number of halogens is 2. The molecule has 2 unspecified atom stereocenters. The van der Waals surface area contributed by atoms with E-state index >= 15 is 0 Å². The molecule has 0 radical (unpaired) electrons. The van der Waals surface area contributed by atoms with Crippen LogP contribution < -0.4 is 10.2 Å². The van der Waals surface area contributed by atoms with Crippen LogP contribution in [0.15, 0.2) is 27.1 Å². The van der Waals surface area contributed by atoms with E-state index in [1.807, 2.05) is 32.0 Å². The number of nitrogens with zero attached hydrogens (tertiary/aromatic N) is 1. The molecule has 4 nitrogen and oxygen atoms in total. The topological polar surface area (TPSA) is 49.4 Å². The van der Waals surface area contributed by atoms with Crippen molar-refractivity contribution in [2.45, 2.75) is 45.2 Å². The fraction of sp³-hybridized carbons (Fsp3) is 0.467. The van der Waals surface area contributed by atoms with Crippen LogP contribution in [0.1, 0.15) is 33.1 Å². The molecule has 114 valence electrons. The predicted octanol–water partition coefficient (Wildman–Crippen LogP) is 3.62. The van der Waals surface area contributed by atoms with Crippen LogP contribution >= 0.6 is 31.9 Å². The number of amides is 2. The summed E-state index contributed by atoms with van der Waals surface area (Å²) in [5.41, 5.74) is 0.727. The second-order valence-corrected chi connectivity index (χ2v) is 6.76. The van der Waals surface area contributed by atoms with Crippen molar-refractivity contribution < 1.29 is 9.59 Å². The van der Waals surface area contributed by atoms with Crippen LogP contribution in [0, 0.1) is 0 Å². The zero-order chi connectivity index (χ0) is 15.6. The van der Waals surface area contributed by atoms with Gasteiger partial charge in [-0.2, -0.15) is 0 Å². The van der Waals surface area contributed by atoms with Gasteiger partial charge >= 0.3 is 0 Å². The van der Waals surface area contributed by atoms with E-state index in [9.17, 15) is 9.59 Å². The monoisotopic (exact) mass is 416 g/mol. The third kappa shape index (κ3) is 3.16. The minimum atomic E-state index is -0.472. The lowest BCUT2D eigenvalue weighted by Crippen LogP contribution is -2.63. The van der Waals surface area contributed by atoms with Crippen LogP contribution in [0.5, 0.6) is 0 Å².